The Kier molecular flexibility index (Phi) is 12.4. The zero-order chi connectivity index (χ0) is 40.4. The molecule has 1 saturated heterocycles. The smallest absolute Gasteiger partial charge is 0.410 e. The molecular formula is C38H45Cl2N5O10S. The van der Waals surface area contributed by atoms with Gasteiger partial charge in [0.15, 0.2) is 5.78 Å². The van der Waals surface area contributed by atoms with E-state index in [1.165, 1.54) is 34.1 Å². The van der Waals surface area contributed by atoms with Gasteiger partial charge in [0, 0.05) is 42.1 Å². The van der Waals surface area contributed by atoms with E-state index in [2.05, 4.69) is 15.4 Å². The van der Waals surface area contributed by atoms with Gasteiger partial charge in [-0.1, -0.05) is 47.5 Å². The molecule has 18 heteroatoms. The Balaban J connectivity index is 1.24. The highest BCUT2D eigenvalue weighted by atomic mass is 35.5. The standard InChI is InChI=1S/C38H45Cl2N5O10S/c1-37(2,3)55-35(49)41-30-14-16-53-15-5-4-8-24-18-38(24,34(48)43-56(51,52)27-12-10-25(39)11-13-27)42-33(47)31-17-26(20-44(31)22-32(30)46)54-36(50)45-19-23-7-6-9-29(40)28(23)21-45/h4,6-13,24,26,30-31H,5,14-22H2,1-3H3,(H,41,49)(H,42,47)(H,43,48)/b8-4-/t24-,26-,30+,31+,38-/m1/s1. The zero-order valence-corrected chi connectivity index (χ0v) is 33.5. The van der Waals surface area contributed by atoms with Gasteiger partial charge in [-0.3, -0.25) is 24.2 Å². The highest BCUT2D eigenvalue weighted by Crippen LogP contribution is 2.46. The van der Waals surface area contributed by atoms with E-state index in [4.69, 9.17) is 37.4 Å². The topological polar surface area (TPSA) is 190 Å². The molecule has 0 bridgehead atoms. The Labute approximate surface area is 335 Å². The number of nitrogens with one attached hydrogen (secondary N) is 3. The highest BCUT2D eigenvalue weighted by Gasteiger charge is 2.61. The summed E-state index contributed by atoms with van der Waals surface area (Å²) < 4.78 is 45.7. The first kappa shape index (κ1) is 41.4. The van der Waals surface area contributed by atoms with E-state index >= 15 is 0 Å². The maximum atomic E-state index is 14.3. The lowest BCUT2D eigenvalue weighted by molar-refractivity contribution is -0.133. The molecule has 3 heterocycles. The molecule has 15 nitrogen and oxygen atoms in total. The third-order valence-corrected chi connectivity index (χ3v) is 12.0. The van der Waals surface area contributed by atoms with E-state index in [1.54, 1.807) is 45.1 Å². The number of ether oxygens (including phenoxy) is 3. The van der Waals surface area contributed by atoms with Gasteiger partial charge in [-0.2, -0.15) is 0 Å². The molecule has 4 amide bonds. The van der Waals surface area contributed by atoms with E-state index in [0.29, 0.717) is 16.5 Å². The third kappa shape index (κ3) is 9.83. The van der Waals surface area contributed by atoms with Crippen LogP contribution in [-0.2, 0) is 51.7 Å². The SMILES string of the molecule is CC(C)(C)OC(=O)N[C@H]1CCOCC/C=C\[C@@H]2C[C@@]2(C(=O)NS(=O)(=O)c2ccc(Cl)cc2)NC(=O)[C@@H]2C[C@@H](OC(=O)N3Cc4cccc(Cl)c4C3)CN2CC1=O. The molecule has 6 rings (SSSR count). The molecule has 1 aliphatic carbocycles. The van der Waals surface area contributed by atoms with Crippen LogP contribution in [0.25, 0.3) is 0 Å². The lowest BCUT2D eigenvalue weighted by Gasteiger charge is -2.28. The van der Waals surface area contributed by atoms with Crippen LogP contribution in [0.1, 0.15) is 57.6 Å². The van der Waals surface area contributed by atoms with Gasteiger partial charge in [0.1, 0.15) is 17.2 Å². The molecule has 302 valence electrons. The van der Waals surface area contributed by atoms with Crippen molar-refractivity contribution in [2.75, 3.05) is 26.3 Å². The van der Waals surface area contributed by atoms with E-state index in [9.17, 15) is 32.4 Å². The minimum atomic E-state index is -4.35. The number of carbonyl (C=O) groups excluding carboxylic acids is 5. The van der Waals surface area contributed by atoms with Crippen molar-refractivity contribution in [2.45, 2.75) is 93.8 Å². The minimum Gasteiger partial charge on any atom is -0.445 e. The van der Waals surface area contributed by atoms with Gasteiger partial charge < -0.3 is 24.8 Å². The summed E-state index contributed by atoms with van der Waals surface area (Å²) in [5.41, 5.74) is -0.774. The van der Waals surface area contributed by atoms with Crippen molar-refractivity contribution in [2.24, 2.45) is 5.92 Å². The monoisotopic (exact) mass is 833 g/mol. The molecule has 56 heavy (non-hydrogen) atoms. The van der Waals surface area contributed by atoms with Crippen LogP contribution < -0.4 is 15.4 Å². The summed E-state index contributed by atoms with van der Waals surface area (Å²) in [5.74, 6) is -2.62. The van der Waals surface area contributed by atoms with E-state index in [1.807, 2.05) is 6.07 Å². The summed E-state index contributed by atoms with van der Waals surface area (Å²) in [5, 5.41) is 6.28. The van der Waals surface area contributed by atoms with Crippen LogP contribution in [-0.4, -0.2) is 104 Å². The van der Waals surface area contributed by atoms with Crippen LogP contribution >= 0.6 is 23.2 Å². The number of hydrogen-bond acceptors (Lipinski definition) is 11. The number of carbonyl (C=O) groups is 5. The molecule has 2 fully saturated rings. The Morgan fingerprint density at radius 3 is 2.48 bits per heavy atom. The lowest BCUT2D eigenvalue weighted by atomic mass is 10.1. The number of halogens is 2. The largest absolute Gasteiger partial charge is 0.445 e. The number of sulfonamides is 1. The first-order valence-corrected chi connectivity index (χ1v) is 20.6. The van der Waals surface area contributed by atoms with Gasteiger partial charge in [-0.25, -0.2) is 22.7 Å². The zero-order valence-electron chi connectivity index (χ0n) is 31.2. The van der Waals surface area contributed by atoms with Crippen LogP contribution in [0.2, 0.25) is 10.0 Å². The van der Waals surface area contributed by atoms with E-state index in [0.717, 1.165) is 11.1 Å². The molecule has 0 unspecified atom stereocenters. The van der Waals surface area contributed by atoms with E-state index < -0.39 is 75.1 Å². The lowest BCUT2D eigenvalue weighted by Crippen LogP contribution is -2.56. The van der Waals surface area contributed by atoms with Crippen LogP contribution in [0.5, 0.6) is 0 Å². The molecule has 3 aliphatic heterocycles. The first-order chi connectivity index (χ1) is 26.4. The summed E-state index contributed by atoms with van der Waals surface area (Å²) in [6.07, 6.45) is 1.82. The normalized spacial score (nSPS) is 26.6. The molecule has 3 N–H and O–H groups in total. The molecule has 4 aliphatic rings. The van der Waals surface area contributed by atoms with Crippen LogP contribution in [0, 0.1) is 5.92 Å². The fourth-order valence-corrected chi connectivity index (χ4v) is 8.50. The molecule has 0 spiro atoms. The third-order valence-electron chi connectivity index (χ3n) is 10.0. The van der Waals surface area contributed by atoms with Crippen molar-refractivity contribution in [3.63, 3.8) is 0 Å². The highest BCUT2D eigenvalue weighted by molar-refractivity contribution is 7.90. The quantitative estimate of drug-likeness (QED) is 0.368. The molecule has 2 aromatic carbocycles. The van der Waals surface area contributed by atoms with Gasteiger partial charge >= 0.3 is 12.2 Å². The molecular weight excluding hydrogens is 789 g/mol. The number of amides is 4. The summed E-state index contributed by atoms with van der Waals surface area (Å²) in [7, 11) is -4.35. The van der Waals surface area contributed by atoms with Crippen molar-refractivity contribution < 1.29 is 46.6 Å². The Bertz CT molecular complexity index is 2010. The van der Waals surface area contributed by atoms with Crippen molar-refractivity contribution in [1.82, 2.24) is 25.2 Å². The first-order valence-electron chi connectivity index (χ1n) is 18.3. The van der Waals surface area contributed by atoms with Gasteiger partial charge in [-0.05, 0) is 81.5 Å². The number of nitrogens with zero attached hydrogens (tertiary/aromatic N) is 2. The summed E-state index contributed by atoms with van der Waals surface area (Å²) >= 11 is 12.3. The number of ketones is 1. The molecule has 0 radical (unpaired) electrons. The molecule has 0 aromatic heterocycles. The van der Waals surface area contributed by atoms with Gasteiger partial charge in [0.05, 0.1) is 36.7 Å². The van der Waals surface area contributed by atoms with Gasteiger partial charge in [0.2, 0.25) is 5.91 Å². The molecule has 5 atom stereocenters. The minimum absolute atomic E-state index is 0.0275. The van der Waals surface area contributed by atoms with E-state index in [-0.39, 0.29) is 63.6 Å². The number of rotatable bonds is 5. The maximum Gasteiger partial charge on any atom is 0.410 e. The average molecular weight is 835 g/mol. The second kappa shape index (κ2) is 16.7. The summed E-state index contributed by atoms with van der Waals surface area (Å²) in [4.78, 5) is 71.2. The van der Waals surface area contributed by atoms with Crippen molar-refractivity contribution in [1.29, 1.82) is 0 Å². The van der Waals surface area contributed by atoms with Gasteiger partial charge in [0.25, 0.3) is 15.9 Å². The molecule has 2 aromatic rings. The fourth-order valence-electron chi connectivity index (χ4n) is 7.08. The van der Waals surface area contributed by atoms with Crippen LogP contribution in [0.4, 0.5) is 9.59 Å². The number of alkyl carbamates (subject to hydrolysis) is 1. The predicted molar refractivity (Wildman–Crippen MR) is 204 cm³/mol. The number of benzene rings is 2. The second-order valence-electron chi connectivity index (χ2n) is 15.4. The predicted octanol–water partition coefficient (Wildman–Crippen LogP) is 4.10. The Morgan fingerprint density at radius 1 is 1.02 bits per heavy atom. The average Bonchev–Trinajstić information content (AvgIpc) is 3.40. The van der Waals surface area contributed by atoms with Crippen molar-refractivity contribution >= 4 is 63.0 Å². The summed E-state index contributed by atoms with van der Waals surface area (Å²) in [6, 6.07) is 8.55. The van der Waals surface area contributed by atoms with Gasteiger partial charge in [-0.15, -0.1) is 0 Å². The Morgan fingerprint density at radius 2 is 1.77 bits per heavy atom. The summed E-state index contributed by atoms with van der Waals surface area (Å²) in [6.45, 7) is 5.59. The second-order valence-corrected chi connectivity index (χ2v) is 17.9. The van der Waals surface area contributed by atoms with Crippen LogP contribution in [0.3, 0.4) is 0 Å². The number of hydrogen-bond donors (Lipinski definition) is 3. The number of Topliss-reactive ketones (excluding diaryl/α,β-unsaturated/α-hetero) is 1. The van der Waals surface area contributed by atoms with Crippen molar-refractivity contribution in [3.8, 4) is 0 Å². The number of fused-ring (bicyclic) bond motifs is 3. The maximum absolute atomic E-state index is 14.3. The molecule has 1 saturated carbocycles. The fraction of sp³-hybridized carbons (Fsp3) is 0.500. The Hall–Kier alpha value is -4.22. The van der Waals surface area contributed by atoms with Crippen molar-refractivity contribution in [3.05, 3.63) is 75.8 Å². The van der Waals surface area contributed by atoms with Crippen LogP contribution in [0.15, 0.2) is 59.5 Å².